The van der Waals surface area contributed by atoms with Gasteiger partial charge in [0.2, 0.25) is 0 Å². The van der Waals surface area contributed by atoms with Crippen LogP contribution in [0.2, 0.25) is 5.02 Å². The number of para-hydroxylation sites is 1. The molecule has 6 rings (SSSR count). The van der Waals surface area contributed by atoms with Gasteiger partial charge in [0.1, 0.15) is 11.6 Å². The van der Waals surface area contributed by atoms with E-state index < -0.39 is 0 Å². The fourth-order valence-corrected chi connectivity index (χ4v) is 4.70. The normalized spacial score (nSPS) is 11.0. The van der Waals surface area contributed by atoms with Gasteiger partial charge in [0.05, 0.1) is 29.6 Å². The van der Waals surface area contributed by atoms with Gasteiger partial charge in [-0.15, -0.1) is 0 Å². The Morgan fingerprint density at radius 1 is 0.763 bits per heavy atom. The van der Waals surface area contributed by atoms with Crippen LogP contribution in [0.5, 0.6) is 5.75 Å². The number of hydrogen-bond acceptors (Lipinski definition) is 4. The Morgan fingerprint density at radius 3 is 2.18 bits per heavy atom. The molecule has 2 heterocycles. The first-order chi connectivity index (χ1) is 18.6. The van der Waals surface area contributed by atoms with Gasteiger partial charge in [-0.2, -0.15) is 0 Å². The molecule has 0 saturated carbocycles. The lowest BCUT2D eigenvalue weighted by molar-refractivity contribution is 0.415. The van der Waals surface area contributed by atoms with Crippen LogP contribution < -0.4 is 10.3 Å². The zero-order valence-corrected chi connectivity index (χ0v) is 21.3. The maximum Gasteiger partial charge on any atom is 0.266 e. The largest absolute Gasteiger partial charge is 0.497 e. The summed E-state index contributed by atoms with van der Waals surface area (Å²) in [5, 5.41) is 1.44. The lowest BCUT2D eigenvalue weighted by atomic mass is 9.99. The van der Waals surface area contributed by atoms with Crippen molar-refractivity contribution in [2.75, 3.05) is 7.11 Å². The smallest absolute Gasteiger partial charge is 0.266 e. The molecular weight excluding hydrogens is 494 g/mol. The zero-order chi connectivity index (χ0) is 26.1. The second kappa shape index (κ2) is 9.96. The van der Waals surface area contributed by atoms with Gasteiger partial charge in [0.15, 0.2) is 0 Å². The lowest BCUT2D eigenvalue weighted by Crippen LogP contribution is -2.23. The first-order valence-corrected chi connectivity index (χ1v) is 12.5. The number of benzene rings is 4. The molecule has 6 heteroatoms. The van der Waals surface area contributed by atoms with E-state index in [0.717, 1.165) is 39.0 Å². The lowest BCUT2D eigenvalue weighted by Gasteiger charge is -2.16. The van der Waals surface area contributed by atoms with E-state index in [2.05, 4.69) is 0 Å². The molecule has 38 heavy (non-hydrogen) atoms. The molecule has 5 nitrogen and oxygen atoms in total. The summed E-state index contributed by atoms with van der Waals surface area (Å²) >= 11 is 6.13. The summed E-state index contributed by atoms with van der Waals surface area (Å²) in [4.78, 5) is 24.0. The van der Waals surface area contributed by atoms with E-state index in [0.29, 0.717) is 22.2 Å². The number of pyridine rings is 1. The predicted molar refractivity (Wildman–Crippen MR) is 153 cm³/mol. The molecule has 0 unspecified atom stereocenters. The van der Waals surface area contributed by atoms with Crippen molar-refractivity contribution in [1.29, 1.82) is 0 Å². The summed E-state index contributed by atoms with van der Waals surface area (Å²) in [6.45, 7) is 0. The van der Waals surface area contributed by atoms with Crippen molar-refractivity contribution in [3.63, 3.8) is 0 Å². The third-order valence-corrected chi connectivity index (χ3v) is 6.71. The third kappa shape index (κ3) is 4.33. The highest BCUT2D eigenvalue weighted by Gasteiger charge is 2.18. The number of methoxy groups -OCH3 is 1. The Hall–Kier alpha value is -4.74. The Balaban J connectivity index is 1.66. The summed E-state index contributed by atoms with van der Waals surface area (Å²) in [7, 11) is 1.62. The number of nitrogens with zero attached hydrogens (tertiary/aromatic N) is 3. The van der Waals surface area contributed by atoms with Crippen molar-refractivity contribution in [2.45, 2.75) is 0 Å². The van der Waals surface area contributed by atoms with Crippen LogP contribution in [-0.4, -0.2) is 21.6 Å². The standard InChI is InChI=1S/C32H22ClN3O2/c1-38-25-16-17-29-27(18-25)26(19-30(35-29)21-12-14-23(33)15-13-21)28-20-34-31(22-8-4-2-5-9-22)36(32(28)37)24-10-6-3-7-11-24/h2-20H,1H3. The molecule has 0 aliphatic carbocycles. The van der Waals surface area contributed by atoms with Crippen LogP contribution in [-0.2, 0) is 0 Å². The van der Waals surface area contributed by atoms with E-state index in [-0.39, 0.29) is 5.56 Å². The Labute approximate surface area is 224 Å². The highest BCUT2D eigenvalue weighted by atomic mass is 35.5. The predicted octanol–water partition coefficient (Wildman–Crippen LogP) is 7.44. The quantitative estimate of drug-likeness (QED) is 0.239. The number of rotatable bonds is 5. The second-order valence-electron chi connectivity index (χ2n) is 8.78. The number of ether oxygens (including phenoxy) is 1. The molecule has 4 aromatic carbocycles. The van der Waals surface area contributed by atoms with E-state index in [1.54, 1.807) is 17.9 Å². The van der Waals surface area contributed by atoms with E-state index in [1.807, 2.05) is 109 Å². The molecule has 6 aromatic rings. The molecule has 0 amide bonds. The summed E-state index contributed by atoms with van der Waals surface area (Å²) < 4.78 is 7.17. The number of aromatic nitrogens is 3. The minimum Gasteiger partial charge on any atom is -0.497 e. The van der Waals surface area contributed by atoms with Gasteiger partial charge in [-0.25, -0.2) is 9.97 Å². The molecule has 0 N–H and O–H groups in total. The van der Waals surface area contributed by atoms with Gasteiger partial charge < -0.3 is 4.74 Å². The first-order valence-electron chi connectivity index (χ1n) is 12.1. The highest BCUT2D eigenvalue weighted by Crippen LogP contribution is 2.34. The molecular formula is C32H22ClN3O2. The van der Waals surface area contributed by atoms with Crippen molar-refractivity contribution in [2.24, 2.45) is 0 Å². The van der Waals surface area contributed by atoms with Crippen LogP contribution in [0.15, 0.2) is 120 Å². The monoisotopic (exact) mass is 515 g/mol. The van der Waals surface area contributed by atoms with Crippen LogP contribution in [0.4, 0.5) is 0 Å². The Kier molecular flexibility index (Phi) is 6.20. The number of fused-ring (bicyclic) bond motifs is 1. The molecule has 0 bridgehead atoms. The third-order valence-electron chi connectivity index (χ3n) is 6.45. The summed E-state index contributed by atoms with van der Waals surface area (Å²) in [5.41, 5.74) is 4.96. The van der Waals surface area contributed by atoms with E-state index in [4.69, 9.17) is 26.3 Å². The van der Waals surface area contributed by atoms with E-state index in [9.17, 15) is 4.79 Å². The van der Waals surface area contributed by atoms with Crippen LogP contribution in [0.3, 0.4) is 0 Å². The first kappa shape index (κ1) is 23.6. The summed E-state index contributed by atoms with van der Waals surface area (Å²) in [6.07, 6.45) is 1.66. The van der Waals surface area contributed by atoms with Crippen molar-refractivity contribution in [3.05, 3.63) is 131 Å². The van der Waals surface area contributed by atoms with Gasteiger partial charge in [0, 0.05) is 33.3 Å². The van der Waals surface area contributed by atoms with Crippen molar-refractivity contribution < 1.29 is 4.74 Å². The summed E-state index contributed by atoms with van der Waals surface area (Å²) in [6, 6.07) is 34.4. The van der Waals surface area contributed by atoms with Gasteiger partial charge in [-0.05, 0) is 48.5 Å². The average molecular weight is 516 g/mol. The van der Waals surface area contributed by atoms with Crippen molar-refractivity contribution in [1.82, 2.24) is 14.5 Å². The molecule has 0 radical (unpaired) electrons. The topological polar surface area (TPSA) is 57.0 Å². The van der Waals surface area contributed by atoms with Gasteiger partial charge in [-0.1, -0.05) is 72.3 Å². The highest BCUT2D eigenvalue weighted by molar-refractivity contribution is 6.30. The maximum absolute atomic E-state index is 14.3. The zero-order valence-electron chi connectivity index (χ0n) is 20.5. The second-order valence-corrected chi connectivity index (χ2v) is 9.22. The molecule has 0 aliphatic heterocycles. The molecule has 0 fully saturated rings. The van der Waals surface area contributed by atoms with E-state index in [1.165, 1.54) is 0 Å². The van der Waals surface area contributed by atoms with Gasteiger partial charge in [-0.3, -0.25) is 9.36 Å². The molecule has 184 valence electrons. The SMILES string of the molecule is COc1ccc2nc(-c3ccc(Cl)cc3)cc(-c3cnc(-c4ccccc4)n(-c4ccccc4)c3=O)c2c1. The minimum absolute atomic E-state index is 0.178. The van der Waals surface area contributed by atoms with Crippen LogP contribution in [0, 0.1) is 0 Å². The van der Waals surface area contributed by atoms with Gasteiger partial charge >= 0.3 is 0 Å². The molecule has 0 spiro atoms. The molecule has 0 aliphatic rings. The fourth-order valence-electron chi connectivity index (χ4n) is 4.57. The van der Waals surface area contributed by atoms with Crippen LogP contribution in [0.1, 0.15) is 0 Å². The molecule has 2 aromatic heterocycles. The van der Waals surface area contributed by atoms with Crippen molar-refractivity contribution in [3.8, 4) is 45.2 Å². The molecule has 0 saturated heterocycles. The Bertz CT molecular complexity index is 1820. The Morgan fingerprint density at radius 2 is 1.47 bits per heavy atom. The fraction of sp³-hybridized carbons (Fsp3) is 0.0312. The van der Waals surface area contributed by atoms with Crippen LogP contribution >= 0.6 is 11.6 Å². The summed E-state index contributed by atoms with van der Waals surface area (Å²) in [5.74, 6) is 1.25. The maximum atomic E-state index is 14.3. The number of hydrogen-bond donors (Lipinski definition) is 0. The average Bonchev–Trinajstić information content (AvgIpc) is 2.97. The minimum atomic E-state index is -0.178. The van der Waals surface area contributed by atoms with Crippen molar-refractivity contribution >= 4 is 22.5 Å². The van der Waals surface area contributed by atoms with E-state index >= 15 is 0 Å². The van der Waals surface area contributed by atoms with Gasteiger partial charge in [0.25, 0.3) is 5.56 Å². The van der Waals surface area contributed by atoms with Crippen LogP contribution in [0.25, 0.3) is 50.4 Å². The number of halogens is 1. The molecule has 0 atom stereocenters.